The number of rotatable bonds is 7. The molecule has 0 aliphatic heterocycles. The predicted molar refractivity (Wildman–Crippen MR) is 97.8 cm³/mol. The minimum atomic E-state index is -0.303. The number of nitrogens with one attached hydrogen (secondary N) is 1. The Hall–Kier alpha value is -1.77. The normalized spacial score (nSPS) is 12.8. The number of ether oxygens (including phenoxy) is 1. The van der Waals surface area contributed by atoms with Crippen molar-refractivity contribution in [2.75, 3.05) is 11.9 Å². The zero-order chi connectivity index (χ0) is 17.6. The first kappa shape index (κ1) is 19.3. The molecule has 0 heterocycles. The molecule has 0 spiro atoms. The number of hydrogen-bond donors (Lipinski definition) is 1. The largest absolute Gasteiger partial charge is 0.463 e. The van der Waals surface area contributed by atoms with Crippen LogP contribution in [0.3, 0.4) is 0 Å². The number of hydrogen-bond acceptors (Lipinski definition) is 3. The summed E-state index contributed by atoms with van der Waals surface area (Å²) in [5.74, 6) is 0.0755. The summed E-state index contributed by atoms with van der Waals surface area (Å²) in [7, 11) is 0. The fraction of sp³-hybridized carbons (Fsp3) is 0.550. The standard InChI is InChI=1S/C20H31NO2/c1-8-23-19(22)15(4)13-18(14(2)3)21-17-11-9-16(10-12-17)20(5,6)7/h9-12,14,18,21H,4,8,13H2,1-3,5-7H3/t18-/m0/s1. The molecule has 128 valence electrons. The van der Waals surface area contributed by atoms with Crippen LogP contribution in [0.15, 0.2) is 36.4 Å². The Morgan fingerprint density at radius 3 is 2.22 bits per heavy atom. The third kappa shape index (κ3) is 6.09. The molecule has 0 fully saturated rings. The van der Waals surface area contributed by atoms with Crippen LogP contribution in [0.2, 0.25) is 0 Å². The van der Waals surface area contributed by atoms with E-state index in [1.165, 1.54) is 5.56 Å². The fourth-order valence-corrected chi connectivity index (χ4v) is 2.32. The van der Waals surface area contributed by atoms with Crippen molar-refractivity contribution in [3.05, 3.63) is 42.0 Å². The maximum Gasteiger partial charge on any atom is 0.333 e. The highest BCUT2D eigenvalue weighted by molar-refractivity contribution is 5.87. The SMILES string of the molecule is C=C(C[C@H](Nc1ccc(C(C)(C)C)cc1)C(C)C)C(=O)OCC. The van der Waals surface area contributed by atoms with E-state index in [-0.39, 0.29) is 17.4 Å². The Kier molecular flexibility index (Phi) is 6.86. The van der Waals surface area contributed by atoms with Gasteiger partial charge in [0.15, 0.2) is 0 Å². The van der Waals surface area contributed by atoms with E-state index < -0.39 is 0 Å². The molecule has 1 rings (SSSR count). The van der Waals surface area contributed by atoms with Crippen molar-refractivity contribution >= 4 is 11.7 Å². The van der Waals surface area contributed by atoms with E-state index in [4.69, 9.17) is 4.74 Å². The van der Waals surface area contributed by atoms with Crippen molar-refractivity contribution in [2.45, 2.75) is 59.4 Å². The van der Waals surface area contributed by atoms with Gasteiger partial charge >= 0.3 is 5.97 Å². The second-order valence-electron chi connectivity index (χ2n) is 7.35. The Morgan fingerprint density at radius 2 is 1.78 bits per heavy atom. The fourth-order valence-electron chi connectivity index (χ4n) is 2.32. The zero-order valence-corrected chi connectivity index (χ0v) is 15.4. The molecular weight excluding hydrogens is 286 g/mol. The maximum atomic E-state index is 11.8. The quantitative estimate of drug-likeness (QED) is 0.572. The van der Waals surface area contributed by atoms with E-state index in [1.54, 1.807) is 6.92 Å². The number of benzene rings is 1. The lowest BCUT2D eigenvalue weighted by molar-refractivity contribution is -0.138. The van der Waals surface area contributed by atoms with Crippen LogP contribution in [0.4, 0.5) is 5.69 Å². The van der Waals surface area contributed by atoms with Gasteiger partial charge in [0, 0.05) is 17.3 Å². The molecule has 3 heteroatoms. The minimum Gasteiger partial charge on any atom is -0.463 e. The molecule has 23 heavy (non-hydrogen) atoms. The summed E-state index contributed by atoms with van der Waals surface area (Å²) in [6, 6.07) is 8.65. The van der Waals surface area contributed by atoms with Gasteiger partial charge in [-0.05, 0) is 42.4 Å². The van der Waals surface area contributed by atoms with E-state index in [0.29, 0.717) is 24.5 Å². The van der Waals surface area contributed by atoms with Crippen LogP contribution in [-0.2, 0) is 14.9 Å². The first-order valence-corrected chi connectivity index (χ1v) is 8.37. The molecule has 0 aliphatic carbocycles. The van der Waals surface area contributed by atoms with Gasteiger partial charge in [-0.2, -0.15) is 0 Å². The molecule has 0 saturated heterocycles. The Labute approximate surface area is 141 Å². The summed E-state index contributed by atoms with van der Waals surface area (Å²) in [5.41, 5.74) is 3.03. The van der Waals surface area contributed by atoms with Crippen molar-refractivity contribution in [3.8, 4) is 0 Å². The van der Waals surface area contributed by atoms with Crippen LogP contribution in [0.1, 0.15) is 53.5 Å². The second-order valence-corrected chi connectivity index (χ2v) is 7.35. The number of esters is 1. The third-order valence-electron chi connectivity index (χ3n) is 3.94. The smallest absolute Gasteiger partial charge is 0.333 e. The molecule has 0 saturated carbocycles. The lowest BCUT2D eigenvalue weighted by Gasteiger charge is -2.25. The lowest BCUT2D eigenvalue weighted by Crippen LogP contribution is -2.28. The molecule has 3 nitrogen and oxygen atoms in total. The molecule has 1 aromatic rings. The van der Waals surface area contributed by atoms with Crippen molar-refractivity contribution in [1.82, 2.24) is 0 Å². The molecule has 0 radical (unpaired) electrons. The highest BCUT2D eigenvalue weighted by atomic mass is 16.5. The van der Waals surface area contributed by atoms with E-state index in [9.17, 15) is 4.79 Å². The minimum absolute atomic E-state index is 0.146. The van der Waals surface area contributed by atoms with Gasteiger partial charge in [0.2, 0.25) is 0 Å². The van der Waals surface area contributed by atoms with Crippen LogP contribution >= 0.6 is 0 Å². The van der Waals surface area contributed by atoms with Gasteiger partial charge < -0.3 is 10.1 Å². The third-order valence-corrected chi connectivity index (χ3v) is 3.94. The number of anilines is 1. The van der Waals surface area contributed by atoms with Gasteiger partial charge in [0.05, 0.1) is 6.61 Å². The second kappa shape index (κ2) is 8.19. The van der Waals surface area contributed by atoms with E-state index in [1.807, 2.05) is 0 Å². The summed E-state index contributed by atoms with van der Waals surface area (Å²) in [6.45, 7) is 16.9. The van der Waals surface area contributed by atoms with Crippen molar-refractivity contribution in [3.63, 3.8) is 0 Å². The van der Waals surface area contributed by atoms with Crippen molar-refractivity contribution < 1.29 is 9.53 Å². The van der Waals surface area contributed by atoms with Gasteiger partial charge in [-0.25, -0.2) is 4.79 Å². The van der Waals surface area contributed by atoms with Crippen LogP contribution in [-0.4, -0.2) is 18.6 Å². The summed E-state index contributed by atoms with van der Waals surface area (Å²) >= 11 is 0. The Balaban J connectivity index is 2.76. The van der Waals surface area contributed by atoms with Crippen molar-refractivity contribution in [1.29, 1.82) is 0 Å². The van der Waals surface area contributed by atoms with Crippen LogP contribution in [0.25, 0.3) is 0 Å². The van der Waals surface area contributed by atoms with E-state index in [0.717, 1.165) is 5.69 Å². The summed E-state index contributed by atoms with van der Waals surface area (Å²) < 4.78 is 5.02. The highest BCUT2D eigenvalue weighted by Gasteiger charge is 2.19. The molecule has 0 amide bonds. The summed E-state index contributed by atoms with van der Waals surface area (Å²) in [4.78, 5) is 11.8. The maximum absolute atomic E-state index is 11.8. The summed E-state index contributed by atoms with van der Waals surface area (Å²) in [6.07, 6.45) is 0.581. The number of carbonyl (C=O) groups is 1. The molecule has 0 bridgehead atoms. The number of carbonyl (C=O) groups excluding carboxylic acids is 1. The molecule has 0 aliphatic rings. The van der Waals surface area contributed by atoms with Gasteiger partial charge in [0.25, 0.3) is 0 Å². The van der Waals surface area contributed by atoms with Gasteiger partial charge in [-0.15, -0.1) is 0 Å². The molecule has 0 aromatic heterocycles. The average molecular weight is 317 g/mol. The molecular formula is C20H31NO2. The van der Waals surface area contributed by atoms with Gasteiger partial charge in [-0.3, -0.25) is 0 Å². The average Bonchev–Trinajstić information content (AvgIpc) is 2.46. The van der Waals surface area contributed by atoms with Crippen LogP contribution in [0.5, 0.6) is 0 Å². The highest BCUT2D eigenvalue weighted by Crippen LogP contribution is 2.25. The molecule has 1 aromatic carbocycles. The first-order chi connectivity index (χ1) is 10.6. The van der Waals surface area contributed by atoms with Crippen LogP contribution < -0.4 is 5.32 Å². The Bertz CT molecular complexity index is 524. The van der Waals surface area contributed by atoms with Crippen molar-refractivity contribution in [2.24, 2.45) is 5.92 Å². The van der Waals surface area contributed by atoms with E-state index >= 15 is 0 Å². The van der Waals surface area contributed by atoms with Gasteiger partial charge in [0.1, 0.15) is 0 Å². The first-order valence-electron chi connectivity index (χ1n) is 8.37. The van der Waals surface area contributed by atoms with Crippen LogP contribution in [0, 0.1) is 5.92 Å². The Morgan fingerprint density at radius 1 is 1.22 bits per heavy atom. The zero-order valence-electron chi connectivity index (χ0n) is 15.4. The van der Waals surface area contributed by atoms with Gasteiger partial charge in [-0.1, -0.05) is 53.3 Å². The monoisotopic (exact) mass is 317 g/mol. The van der Waals surface area contributed by atoms with E-state index in [2.05, 4.69) is 70.8 Å². The molecule has 1 atom stereocenters. The lowest BCUT2D eigenvalue weighted by atomic mass is 9.87. The molecule has 1 N–H and O–H groups in total. The molecule has 0 unspecified atom stereocenters. The predicted octanol–water partition coefficient (Wildman–Crippen LogP) is 4.93. The topological polar surface area (TPSA) is 38.3 Å². The summed E-state index contributed by atoms with van der Waals surface area (Å²) in [5, 5.41) is 3.52.